The number of fused-ring (bicyclic) bond motifs is 1. The van der Waals surface area contributed by atoms with Crippen LogP contribution in [0.25, 0.3) is 5.65 Å². The summed E-state index contributed by atoms with van der Waals surface area (Å²) >= 11 is 0. The van der Waals surface area contributed by atoms with Crippen molar-refractivity contribution in [3.8, 4) is 0 Å². The van der Waals surface area contributed by atoms with E-state index in [-0.39, 0.29) is 18.4 Å². The maximum atomic E-state index is 6.37. The van der Waals surface area contributed by atoms with Gasteiger partial charge in [-0.2, -0.15) is 0 Å². The van der Waals surface area contributed by atoms with Crippen LogP contribution in [0.1, 0.15) is 17.2 Å². The van der Waals surface area contributed by atoms with Gasteiger partial charge in [0.15, 0.2) is 5.65 Å². The summed E-state index contributed by atoms with van der Waals surface area (Å²) in [7, 11) is 0. The minimum absolute atomic E-state index is 0. The van der Waals surface area contributed by atoms with E-state index in [0.717, 1.165) is 25.3 Å². The molecule has 2 N–H and O–H groups in total. The van der Waals surface area contributed by atoms with E-state index in [9.17, 15) is 0 Å². The van der Waals surface area contributed by atoms with Crippen molar-refractivity contribution in [1.29, 1.82) is 0 Å². The summed E-state index contributed by atoms with van der Waals surface area (Å²) in [5.41, 5.74) is 9.77. The second-order valence-corrected chi connectivity index (χ2v) is 5.93. The number of imidazole rings is 1. The van der Waals surface area contributed by atoms with Gasteiger partial charge in [-0.3, -0.25) is 14.3 Å². The molecule has 1 fully saturated rings. The fourth-order valence-electron chi connectivity index (χ4n) is 3.34. The molecule has 120 valence electrons. The fourth-order valence-corrected chi connectivity index (χ4v) is 3.34. The molecule has 5 nitrogen and oxygen atoms in total. The van der Waals surface area contributed by atoms with Crippen LogP contribution in [0.15, 0.2) is 55.1 Å². The van der Waals surface area contributed by atoms with Crippen molar-refractivity contribution < 1.29 is 0 Å². The van der Waals surface area contributed by atoms with E-state index in [1.54, 1.807) is 12.4 Å². The van der Waals surface area contributed by atoms with Crippen molar-refractivity contribution in [2.24, 2.45) is 5.73 Å². The molecule has 0 unspecified atom stereocenters. The molecule has 1 aliphatic rings. The Morgan fingerprint density at radius 2 is 1.96 bits per heavy atom. The van der Waals surface area contributed by atoms with Crippen molar-refractivity contribution >= 4 is 18.1 Å². The van der Waals surface area contributed by atoms with Gasteiger partial charge in [0.2, 0.25) is 0 Å². The number of nitrogens with two attached hydrogens (primary N) is 1. The van der Waals surface area contributed by atoms with Crippen molar-refractivity contribution in [1.82, 2.24) is 19.3 Å². The number of rotatable bonds is 3. The van der Waals surface area contributed by atoms with E-state index >= 15 is 0 Å². The summed E-state index contributed by atoms with van der Waals surface area (Å²) in [6, 6.07) is 10.8. The van der Waals surface area contributed by atoms with Gasteiger partial charge in [0.05, 0.1) is 18.1 Å². The van der Waals surface area contributed by atoms with Crippen LogP contribution in [0.4, 0.5) is 0 Å². The van der Waals surface area contributed by atoms with Gasteiger partial charge in [-0.1, -0.05) is 30.3 Å². The zero-order valence-electron chi connectivity index (χ0n) is 12.7. The van der Waals surface area contributed by atoms with Crippen LogP contribution in [-0.4, -0.2) is 38.4 Å². The zero-order valence-corrected chi connectivity index (χ0v) is 13.6. The minimum Gasteiger partial charge on any atom is -0.326 e. The molecule has 2 atom stereocenters. The first-order chi connectivity index (χ1) is 10.8. The summed E-state index contributed by atoms with van der Waals surface area (Å²) in [5.74, 6) is 0.405. The standard InChI is InChI=1S/C17H19N5.ClH/c18-16-12-21(11-15(16)13-4-2-1-3-5-13)10-14-8-20-17-9-19-6-7-22(14)17;/h1-9,15-16H,10-12,18H2;1H/t15-,16+;/m0./s1. The molecular formula is C17H20ClN5. The van der Waals surface area contributed by atoms with Crippen LogP contribution in [-0.2, 0) is 6.54 Å². The Balaban J connectivity index is 0.00000156. The second-order valence-electron chi connectivity index (χ2n) is 5.93. The summed E-state index contributed by atoms with van der Waals surface area (Å²) in [5, 5.41) is 0. The predicted octanol–water partition coefficient (Wildman–Crippen LogP) is 2.08. The van der Waals surface area contributed by atoms with E-state index in [1.807, 2.05) is 18.5 Å². The number of benzene rings is 1. The second kappa shape index (κ2) is 6.66. The number of hydrogen-bond donors (Lipinski definition) is 1. The van der Waals surface area contributed by atoms with Crippen LogP contribution < -0.4 is 5.73 Å². The van der Waals surface area contributed by atoms with Gasteiger partial charge in [0, 0.05) is 44.0 Å². The predicted molar refractivity (Wildman–Crippen MR) is 92.7 cm³/mol. The lowest BCUT2D eigenvalue weighted by molar-refractivity contribution is 0.319. The number of aromatic nitrogens is 3. The highest BCUT2D eigenvalue weighted by atomic mass is 35.5. The van der Waals surface area contributed by atoms with E-state index in [4.69, 9.17) is 5.73 Å². The molecule has 1 saturated heterocycles. The number of nitrogens with zero attached hydrogens (tertiary/aromatic N) is 4. The van der Waals surface area contributed by atoms with E-state index < -0.39 is 0 Å². The van der Waals surface area contributed by atoms with Crippen molar-refractivity contribution in [2.45, 2.75) is 18.5 Å². The first-order valence-corrected chi connectivity index (χ1v) is 7.60. The Morgan fingerprint density at radius 3 is 2.78 bits per heavy atom. The highest BCUT2D eigenvalue weighted by Crippen LogP contribution is 2.27. The molecule has 23 heavy (non-hydrogen) atoms. The average molecular weight is 330 g/mol. The largest absolute Gasteiger partial charge is 0.326 e. The molecule has 0 saturated carbocycles. The SMILES string of the molecule is Cl.N[C@@H]1CN(Cc2cnc3cnccn23)C[C@H]1c1ccccc1. The van der Waals surface area contributed by atoms with Gasteiger partial charge >= 0.3 is 0 Å². The molecule has 0 amide bonds. The third-order valence-corrected chi connectivity index (χ3v) is 4.45. The van der Waals surface area contributed by atoms with Crippen molar-refractivity contribution in [3.63, 3.8) is 0 Å². The molecule has 4 rings (SSSR count). The van der Waals surface area contributed by atoms with Crippen molar-refractivity contribution in [2.75, 3.05) is 13.1 Å². The molecule has 0 radical (unpaired) electrons. The molecule has 0 aliphatic carbocycles. The van der Waals surface area contributed by atoms with Gasteiger partial charge in [-0.05, 0) is 5.56 Å². The summed E-state index contributed by atoms with van der Waals surface area (Å²) in [6.45, 7) is 2.77. The molecule has 3 heterocycles. The van der Waals surface area contributed by atoms with Crippen molar-refractivity contribution in [3.05, 3.63) is 66.4 Å². The molecule has 1 aromatic carbocycles. The average Bonchev–Trinajstić information content (AvgIpc) is 3.13. The Morgan fingerprint density at radius 1 is 1.13 bits per heavy atom. The Hall–Kier alpha value is -1.95. The molecule has 0 bridgehead atoms. The summed E-state index contributed by atoms with van der Waals surface area (Å²) in [6.07, 6.45) is 7.47. The van der Waals surface area contributed by atoms with E-state index in [1.165, 1.54) is 11.3 Å². The molecule has 2 aromatic heterocycles. The minimum atomic E-state index is 0. The monoisotopic (exact) mass is 329 g/mol. The van der Waals surface area contributed by atoms with Gasteiger partial charge in [-0.25, -0.2) is 4.98 Å². The maximum Gasteiger partial charge on any atom is 0.155 e. The van der Waals surface area contributed by atoms with Crippen LogP contribution >= 0.6 is 12.4 Å². The quantitative estimate of drug-likeness (QED) is 0.799. The lowest BCUT2D eigenvalue weighted by atomic mass is 9.95. The van der Waals surface area contributed by atoms with Crippen LogP contribution in [0.2, 0.25) is 0 Å². The molecule has 6 heteroatoms. The number of hydrogen-bond acceptors (Lipinski definition) is 4. The summed E-state index contributed by atoms with van der Waals surface area (Å²) < 4.78 is 2.09. The van der Waals surface area contributed by atoms with E-state index in [0.29, 0.717) is 5.92 Å². The van der Waals surface area contributed by atoms with Gasteiger partial charge in [0.25, 0.3) is 0 Å². The first-order valence-electron chi connectivity index (χ1n) is 7.60. The van der Waals surface area contributed by atoms with Gasteiger partial charge < -0.3 is 5.73 Å². The molecule has 1 aliphatic heterocycles. The van der Waals surface area contributed by atoms with Gasteiger partial charge in [-0.15, -0.1) is 12.4 Å². The molecular weight excluding hydrogens is 310 g/mol. The van der Waals surface area contributed by atoms with E-state index in [2.05, 4.69) is 43.5 Å². The Bertz CT molecular complexity index is 773. The molecule has 0 spiro atoms. The fraction of sp³-hybridized carbons (Fsp3) is 0.294. The number of halogens is 1. The third kappa shape index (κ3) is 3.08. The Kier molecular flexibility index (Phi) is 4.61. The van der Waals surface area contributed by atoms with Crippen LogP contribution in [0, 0.1) is 0 Å². The Labute approximate surface area is 141 Å². The zero-order chi connectivity index (χ0) is 14.9. The molecule has 3 aromatic rings. The highest BCUT2D eigenvalue weighted by molar-refractivity contribution is 5.85. The third-order valence-electron chi connectivity index (χ3n) is 4.45. The highest BCUT2D eigenvalue weighted by Gasteiger charge is 2.31. The van der Waals surface area contributed by atoms with Crippen LogP contribution in [0.3, 0.4) is 0 Å². The maximum absolute atomic E-state index is 6.37. The summed E-state index contributed by atoms with van der Waals surface area (Å²) in [4.78, 5) is 10.9. The number of likely N-dealkylation sites (tertiary alicyclic amines) is 1. The lowest BCUT2D eigenvalue weighted by Gasteiger charge is -2.15. The lowest BCUT2D eigenvalue weighted by Crippen LogP contribution is -2.28. The smallest absolute Gasteiger partial charge is 0.155 e. The normalized spacial score (nSPS) is 21.4. The topological polar surface area (TPSA) is 59.5 Å². The van der Waals surface area contributed by atoms with Crippen LogP contribution in [0.5, 0.6) is 0 Å². The first kappa shape index (κ1) is 15.9. The van der Waals surface area contributed by atoms with Gasteiger partial charge in [0.1, 0.15) is 0 Å².